The third-order valence-electron chi connectivity index (χ3n) is 3.53. The van der Waals surface area contributed by atoms with Gasteiger partial charge in [0, 0.05) is 23.4 Å². The highest BCUT2D eigenvalue weighted by Crippen LogP contribution is 2.25. The molecule has 0 aliphatic carbocycles. The highest BCUT2D eigenvalue weighted by molar-refractivity contribution is 7.17. The minimum Gasteiger partial charge on any atom is -0.480 e. The van der Waals surface area contributed by atoms with Crippen LogP contribution >= 0.6 is 11.3 Å². The van der Waals surface area contributed by atoms with Crippen LogP contribution in [-0.4, -0.2) is 45.8 Å². The van der Waals surface area contributed by atoms with E-state index >= 15 is 0 Å². The molecular formula is C14H14N2O4S. The predicted molar refractivity (Wildman–Crippen MR) is 79.6 cm³/mol. The minimum atomic E-state index is -1.10. The van der Waals surface area contributed by atoms with Crippen LogP contribution in [0, 0.1) is 0 Å². The number of nitrogens with one attached hydrogen (secondary N) is 1. The van der Waals surface area contributed by atoms with E-state index < -0.39 is 24.1 Å². The van der Waals surface area contributed by atoms with E-state index in [1.807, 2.05) is 23.6 Å². The van der Waals surface area contributed by atoms with Gasteiger partial charge in [-0.15, -0.1) is 11.3 Å². The summed E-state index contributed by atoms with van der Waals surface area (Å²) >= 11 is 1.61. The van der Waals surface area contributed by atoms with Gasteiger partial charge in [0.25, 0.3) is 0 Å². The Morgan fingerprint density at radius 1 is 1.33 bits per heavy atom. The van der Waals surface area contributed by atoms with E-state index in [4.69, 9.17) is 5.11 Å². The highest BCUT2D eigenvalue weighted by Gasteiger charge is 2.38. The number of anilines is 1. The molecule has 1 saturated heterocycles. The van der Waals surface area contributed by atoms with Gasteiger partial charge in [-0.3, -0.25) is 0 Å². The molecule has 3 rings (SSSR count). The van der Waals surface area contributed by atoms with Crippen LogP contribution < -0.4 is 5.32 Å². The van der Waals surface area contributed by atoms with Crippen LogP contribution in [0.1, 0.15) is 6.42 Å². The van der Waals surface area contributed by atoms with Crippen molar-refractivity contribution in [1.29, 1.82) is 0 Å². The summed E-state index contributed by atoms with van der Waals surface area (Å²) in [6.45, 7) is 0.0312. The summed E-state index contributed by atoms with van der Waals surface area (Å²) in [5.74, 6) is -1.10. The van der Waals surface area contributed by atoms with E-state index in [2.05, 4.69) is 5.32 Å². The Labute approximate surface area is 124 Å². The average Bonchev–Trinajstić information content (AvgIpc) is 3.04. The Morgan fingerprint density at radius 3 is 2.90 bits per heavy atom. The molecular weight excluding hydrogens is 292 g/mol. The second-order valence-electron chi connectivity index (χ2n) is 5.00. The second-order valence-corrected chi connectivity index (χ2v) is 5.95. The fraction of sp³-hybridized carbons (Fsp3) is 0.286. The first-order chi connectivity index (χ1) is 10.0. The fourth-order valence-corrected chi connectivity index (χ4v) is 3.28. The second kappa shape index (κ2) is 5.34. The molecule has 0 saturated carbocycles. The van der Waals surface area contributed by atoms with Crippen LogP contribution in [0.4, 0.5) is 10.5 Å². The van der Waals surface area contributed by atoms with Gasteiger partial charge in [-0.1, -0.05) is 0 Å². The molecule has 1 aliphatic rings. The lowest BCUT2D eigenvalue weighted by Crippen LogP contribution is -2.43. The number of nitrogens with zero attached hydrogens (tertiary/aromatic N) is 1. The molecule has 21 heavy (non-hydrogen) atoms. The monoisotopic (exact) mass is 306 g/mol. The minimum absolute atomic E-state index is 0.0312. The third-order valence-corrected chi connectivity index (χ3v) is 4.43. The van der Waals surface area contributed by atoms with Gasteiger partial charge >= 0.3 is 12.0 Å². The van der Waals surface area contributed by atoms with Crippen molar-refractivity contribution in [1.82, 2.24) is 4.90 Å². The number of urea groups is 1. The van der Waals surface area contributed by atoms with Crippen molar-refractivity contribution in [3.8, 4) is 0 Å². The normalized spacial score (nSPS) is 21.7. The zero-order valence-corrected chi connectivity index (χ0v) is 11.8. The molecule has 7 heteroatoms. The number of hydrogen-bond acceptors (Lipinski definition) is 4. The molecule has 3 N–H and O–H groups in total. The molecule has 1 aromatic heterocycles. The van der Waals surface area contributed by atoms with Crippen molar-refractivity contribution >= 4 is 39.1 Å². The molecule has 2 amide bonds. The number of hydrogen-bond donors (Lipinski definition) is 3. The quantitative estimate of drug-likeness (QED) is 0.791. The number of carbonyl (C=O) groups is 2. The van der Waals surface area contributed by atoms with Crippen molar-refractivity contribution in [3.05, 3.63) is 29.6 Å². The van der Waals surface area contributed by atoms with Gasteiger partial charge in [-0.2, -0.15) is 0 Å². The number of carbonyl (C=O) groups excluding carboxylic acids is 1. The highest BCUT2D eigenvalue weighted by atomic mass is 32.1. The Morgan fingerprint density at radius 2 is 2.14 bits per heavy atom. The van der Waals surface area contributed by atoms with Gasteiger partial charge in [0.1, 0.15) is 6.04 Å². The zero-order chi connectivity index (χ0) is 15.0. The number of aliphatic carboxylic acids is 1. The SMILES string of the molecule is O=C(O)[C@@H]1C[C@H](O)CN1C(=O)Nc1ccc2sccc2c1. The van der Waals surface area contributed by atoms with E-state index in [9.17, 15) is 14.7 Å². The molecule has 0 radical (unpaired) electrons. The molecule has 0 unspecified atom stereocenters. The van der Waals surface area contributed by atoms with Crippen molar-refractivity contribution in [2.45, 2.75) is 18.6 Å². The number of β-amino-alcohol motifs (C(OH)–C–C–N with tert-alkyl or cyclic N) is 1. The van der Waals surface area contributed by atoms with Gasteiger partial charge in [-0.05, 0) is 35.0 Å². The van der Waals surface area contributed by atoms with Crippen LogP contribution in [0.2, 0.25) is 0 Å². The molecule has 2 aromatic rings. The smallest absolute Gasteiger partial charge is 0.326 e. The summed E-state index contributed by atoms with van der Waals surface area (Å²) in [5.41, 5.74) is 0.608. The molecule has 0 bridgehead atoms. The van der Waals surface area contributed by atoms with E-state index in [1.54, 1.807) is 17.4 Å². The molecule has 6 nitrogen and oxygen atoms in total. The lowest BCUT2D eigenvalue weighted by atomic mass is 10.2. The van der Waals surface area contributed by atoms with E-state index in [-0.39, 0.29) is 13.0 Å². The summed E-state index contributed by atoms with van der Waals surface area (Å²) in [4.78, 5) is 24.5. The van der Waals surface area contributed by atoms with E-state index in [0.717, 1.165) is 15.0 Å². The Balaban J connectivity index is 1.77. The van der Waals surface area contributed by atoms with Gasteiger partial charge in [0.05, 0.1) is 6.10 Å². The number of thiophene rings is 1. The number of aliphatic hydroxyl groups is 1. The first-order valence-corrected chi connectivity index (χ1v) is 7.38. The average molecular weight is 306 g/mol. The number of rotatable bonds is 2. The summed E-state index contributed by atoms with van der Waals surface area (Å²) in [7, 11) is 0. The molecule has 1 fully saturated rings. The van der Waals surface area contributed by atoms with Crippen LogP contribution in [-0.2, 0) is 4.79 Å². The molecule has 110 valence electrons. The summed E-state index contributed by atoms with van der Waals surface area (Å²) in [6, 6.07) is 5.99. The maximum absolute atomic E-state index is 12.2. The van der Waals surface area contributed by atoms with Crippen LogP contribution in [0.25, 0.3) is 10.1 Å². The topological polar surface area (TPSA) is 89.9 Å². The lowest BCUT2D eigenvalue weighted by molar-refractivity contribution is -0.141. The number of carboxylic acid groups (broad SMARTS) is 1. The molecule has 2 heterocycles. The number of likely N-dealkylation sites (tertiary alicyclic amines) is 1. The van der Waals surface area contributed by atoms with Gasteiger partial charge in [-0.25, -0.2) is 9.59 Å². The van der Waals surface area contributed by atoms with Crippen molar-refractivity contribution in [2.75, 3.05) is 11.9 Å². The third kappa shape index (κ3) is 2.70. The van der Waals surface area contributed by atoms with Crippen LogP contribution in [0.3, 0.4) is 0 Å². The van der Waals surface area contributed by atoms with Crippen molar-refractivity contribution < 1.29 is 19.8 Å². The first-order valence-electron chi connectivity index (χ1n) is 6.50. The van der Waals surface area contributed by atoms with Gasteiger partial charge < -0.3 is 20.4 Å². The molecule has 2 atom stereocenters. The summed E-state index contributed by atoms with van der Waals surface area (Å²) in [5, 5.41) is 24.3. The lowest BCUT2D eigenvalue weighted by Gasteiger charge is -2.21. The zero-order valence-electron chi connectivity index (χ0n) is 11.0. The maximum Gasteiger partial charge on any atom is 0.326 e. The van der Waals surface area contributed by atoms with Gasteiger partial charge in [0.15, 0.2) is 0 Å². The van der Waals surface area contributed by atoms with Crippen molar-refractivity contribution in [3.63, 3.8) is 0 Å². The molecule has 0 spiro atoms. The summed E-state index contributed by atoms with van der Waals surface area (Å²) < 4.78 is 1.12. The van der Waals surface area contributed by atoms with Crippen LogP contribution in [0.5, 0.6) is 0 Å². The number of aliphatic hydroxyl groups excluding tert-OH is 1. The Kier molecular flexibility index (Phi) is 3.52. The predicted octanol–water partition coefficient (Wildman–Crippen LogP) is 1.95. The molecule has 1 aliphatic heterocycles. The van der Waals surface area contributed by atoms with E-state index in [1.165, 1.54) is 0 Å². The molecule has 1 aromatic carbocycles. The summed E-state index contributed by atoms with van der Waals surface area (Å²) in [6.07, 6.45) is -0.733. The number of fused-ring (bicyclic) bond motifs is 1. The van der Waals surface area contributed by atoms with Gasteiger partial charge in [0.2, 0.25) is 0 Å². The standard InChI is InChI=1S/C14H14N2O4S/c17-10-6-11(13(18)19)16(7-10)14(20)15-9-1-2-12-8(5-9)3-4-21-12/h1-5,10-11,17H,6-7H2,(H,15,20)(H,18,19)/t10-,11-/m0/s1. The Hall–Kier alpha value is -2.12. The Bertz CT molecular complexity index is 699. The van der Waals surface area contributed by atoms with E-state index in [0.29, 0.717) is 5.69 Å². The first kappa shape index (κ1) is 13.8. The number of amides is 2. The fourth-order valence-electron chi connectivity index (χ4n) is 2.51. The number of benzene rings is 1. The largest absolute Gasteiger partial charge is 0.480 e. The van der Waals surface area contributed by atoms with Crippen molar-refractivity contribution in [2.24, 2.45) is 0 Å². The van der Waals surface area contributed by atoms with Crippen LogP contribution in [0.15, 0.2) is 29.6 Å². The maximum atomic E-state index is 12.2. The number of carboxylic acids is 1.